The van der Waals surface area contributed by atoms with E-state index in [2.05, 4.69) is 13.2 Å². The molecule has 0 aliphatic rings. The van der Waals surface area contributed by atoms with Crippen LogP contribution in [0, 0.1) is 0 Å². The van der Waals surface area contributed by atoms with E-state index in [-0.39, 0.29) is 13.2 Å². The zero-order valence-electron chi connectivity index (χ0n) is 10.8. The Morgan fingerprint density at radius 3 is 1.44 bits per heavy atom. The molecule has 0 aromatic heterocycles. The van der Waals surface area contributed by atoms with E-state index in [0.717, 1.165) is 0 Å². The maximum atomic E-state index is 11.4. The van der Waals surface area contributed by atoms with E-state index >= 15 is 0 Å². The van der Waals surface area contributed by atoms with Crippen molar-refractivity contribution in [1.82, 2.24) is 0 Å². The van der Waals surface area contributed by atoms with Crippen LogP contribution in [0.5, 0.6) is 0 Å². The summed E-state index contributed by atoms with van der Waals surface area (Å²) in [6.45, 7) is 10.4. The number of rotatable bonds is 7. The van der Waals surface area contributed by atoms with Crippen LogP contribution in [0.2, 0.25) is 0 Å². The van der Waals surface area contributed by atoms with Crippen LogP contribution in [-0.2, 0) is 19.1 Å². The van der Waals surface area contributed by atoms with Gasteiger partial charge in [0.25, 0.3) is 0 Å². The molecule has 0 aromatic carbocycles. The fourth-order valence-electron chi connectivity index (χ4n) is 1.07. The molecule has 4 heteroatoms. The van der Waals surface area contributed by atoms with Crippen molar-refractivity contribution in [1.29, 1.82) is 0 Å². The molecule has 0 rings (SSSR count). The Labute approximate surface area is 107 Å². The second-order valence-corrected chi connectivity index (χ2v) is 3.17. The van der Waals surface area contributed by atoms with Crippen LogP contribution in [0.1, 0.15) is 13.8 Å². The van der Waals surface area contributed by atoms with E-state index in [1.807, 2.05) is 0 Å². The minimum Gasteiger partial charge on any atom is -0.458 e. The van der Waals surface area contributed by atoms with Crippen LogP contribution < -0.4 is 0 Å². The van der Waals surface area contributed by atoms with E-state index in [9.17, 15) is 9.59 Å². The monoisotopic (exact) mass is 250 g/mol. The Balaban J connectivity index is 4.02. The number of esters is 2. The highest BCUT2D eigenvalue weighted by molar-refractivity contribution is 5.92. The molecule has 0 saturated heterocycles. The highest BCUT2D eigenvalue weighted by Gasteiger charge is 2.08. The first-order chi connectivity index (χ1) is 8.60. The van der Waals surface area contributed by atoms with Gasteiger partial charge in [0, 0.05) is 0 Å². The predicted octanol–water partition coefficient (Wildman–Crippen LogP) is 2.34. The molecule has 0 aromatic rings. The number of hydrogen-bond acceptors (Lipinski definition) is 4. The third-order valence-corrected chi connectivity index (χ3v) is 2.08. The van der Waals surface area contributed by atoms with Gasteiger partial charge in [0.05, 0.1) is 11.1 Å². The van der Waals surface area contributed by atoms with Crippen molar-refractivity contribution in [3.63, 3.8) is 0 Å². The second-order valence-electron chi connectivity index (χ2n) is 3.17. The third kappa shape index (κ3) is 5.30. The zero-order valence-corrected chi connectivity index (χ0v) is 10.8. The standard InChI is InChI=1S/C14H18O4/c1-5-11(6-2)13(15)17-9-10-18-14(16)12(7-3)8-4/h5-8H,1,3,9-10H2,2,4H3. The molecule has 0 atom stereocenters. The summed E-state index contributed by atoms with van der Waals surface area (Å²) in [6, 6.07) is 0. The second kappa shape index (κ2) is 8.98. The van der Waals surface area contributed by atoms with Gasteiger partial charge in [-0.05, 0) is 13.8 Å². The van der Waals surface area contributed by atoms with Crippen LogP contribution in [0.25, 0.3) is 0 Å². The predicted molar refractivity (Wildman–Crippen MR) is 69.8 cm³/mol. The summed E-state index contributed by atoms with van der Waals surface area (Å²) in [4.78, 5) is 22.7. The molecule has 0 amide bonds. The van der Waals surface area contributed by atoms with Gasteiger partial charge < -0.3 is 9.47 Å². The first-order valence-electron chi connectivity index (χ1n) is 5.52. The maximum absolute atomic E-state index is 11.4. The number of carbonyl (C=O) groups excluding carboxylic acids is 2. The molecule has 0 spiro atoms. The average molecular weight is 250 g/mol. The summed E-state index contributed by atoms with van der Waals surface area (Å²) in [7, 11) is 0. The Hall–Kier alpha value is -2.10. The number of allylic oxidation sites excluding steroid dienone is 2. The van der Waals surface area contributed by atoms with Gasteiger partial charge in [-0.25, -0.2) is 9.59 Å². The lowest BCUT2D eigenvalue weighted by molar-refractivity contribution is -0.146. The largest absolute Gasteiger partial charge is 0.458 e. The number of ether oxygens (including phenoxy) is 2. The first kappa shape index (κ1) is 15.9. The highest BCUT2D eigenvalue weighted by Crippen LogP contribution is 2.01. The van der Waals surface area contributed by atoms with Crippen LogP contribution in [0.15, 0.2) is 48.6 Å². The summed E-state index contributed by atoms with van der Waals surface area (Å²) in [6.07, 6.45) is 6.00. The van der Waals surface area contributed by atoms with Crippen LogP contribution in [0.3, 0.4) is 0 Å². The van der Waals surface area contributed by atoms with Gasteiger partial charge in [-0.3, -0.25) is 0 Å². The Morgan fingerprint density at radius 2 is 1.22 bits per heavy atom. The van der Waals surface area contributed by atoms with Gasteiger partial charge in [0.2, 0.25) is 0 Å². The van der Waals surface area contributed by atoms with E-state index in [1.165, 1.54) is 12.2 Å². The van der Waals surface area contributed by atoms with Crippen LogP contribution >= 0.6 is 0 Å². The molecule has 0 aliphatic carbocycles. The SMILES string of the molecule is C=CC(=CC)C(=O)OCCOC(=O)C(C=C)=CC. The van der Waals surface area contributed by atoms with Crippen LogP contribution in [0.4, 0.5) is 0 Å². The van der Waals surface area contributed by atoms with E-state index in [0.29, 0.717) is 11.1 Å². The lowest BCUT2D eigenvalue weighted by atomic mass is 10.2. The maximum Gasteiger partial charge on any atom is 0.337 e. The molecule has 0 radical (unpaired) electrons. The Kier molecular flexibility index (Phi) is 7.94. The number of hydrogen-bond donors (Lipinski definition) is 0. The van der Waals surface area contributed by atoms with Crippen molar-refractivity contribution >= 4 is 11.9 Å². The van der Waals surface area contributed by atoms with Gasteiger partial charge in [0.1, 0.15) is 13.2 Å². The fourth-order valence-corrected chi connectivity index (χ4v) is 1.07. The van der Waals surface area contributed by atoms with Gasteiger partial charge in [0.15, 0.2) is 0 Å². The topological polar surface area (TPSA) is 52.6 Å². The molecule has 0 heterocycles. The summed E-state index contributed by atoms with van der Waals surface area (Å²) in [5.74, 6) is -0.975. The van der Waals surface area contributed by atoms with Gasteiger partial charge in [-0.15, -0.1) is 0 Å². The Morgan fingerprint density at radius 1 is 0.889 bits per heavy atom. The minimum absolute atomic E-state index is 0.00386. The lowest BCUT2D eigenvalue weighted by Gasteiger charge is -2.06. The molecule has 0 saturated carbocycles. The number of carbonyl (C=O) groups is 2. The summed E-state index contributed by atoms with van der Waals surface area (Å²) in [5.41, 5.74) is 0.753. The smallest absolute Gasteiger partial charge is 0.337 e. The molecule has 0 aliphatic heterocycles. The van der Waals surface area contributed by atoms with E-state index in [1.54, 1.807) is 26.0 Å². The summed E-state index contributed by atoms with van der Waals surface area (Å²) < 4.78 is 9.76. The van der Waals surface area contributed by atoms with Crippen molar-refractivity contribution in [3.8, 4) is 0 Å². The minimum atomic E-state index is -0.487. The van der Waals surface area contributed by atoms with E-state index < -0.39 is 11.9 Å². The third-order valence-electron chi connectivity index (χ3n) is 2.08. The molecule has 0 fully saturated rings. The Bertz CT molecular complexity index is 351. The lowest BCUT2D eigenvalue weighted by Crippen LogP contribution is -2.15. The van der Waals surface area contributed by atoms with Crippen molar-refractivity contribution < 1.29 is 19.1 Å². The van der Waals surface area contributed by atoms with E-state index in [4.69, 9.17) is 9.47 Å². The zero-order chi connectivity index (χ0) is 14.0. The molecule has 4 nitrogen and oxygen atoms in total. The van der Waals surface area contributed by atoms with Gasteiger partial charge in [-0.2, -0.15) is 0 Å². The quantitative estimate of drug-likeness (QED) is 0.301. The average Bonchev–Trinajstić information content (AvgIpc) is 2.37. The van der Waals surface area contributed by atoms with Crippen molar-refractivity contribution in [3.05, 3.63) is 48.6 Å². The van der Waals surface area contributed by atoms with Crippen LogP contribution in [-0.4, -0.2) is 25.2 Å². The molecule has 98 valence electrons. The first-order valence-corrected chi connectivity index (χ1v) is 5.52. The van der Waals surface area contributed by atoms with Crippen molar-refractivity contribution in [2.45, 2.75) is 13.8 Å². The molecular weight excluding hydrogens is 232 g/mol. The molecule has 0 bridgehead atoms. The van der Waals surface area contributed by atoms with Crippen molar-refractivity contribution in [2.75, 3.05) is 13.2 Å². The highest BCUT2D eigenvalue weighted by atomic mass is 16.6. The molecule has 18 heavy (non-hydrogen) atoms. The van der Waals surface area contributed by atoms with Gasteiger partial charge >= 0.3 is 11.9 Å². The summed E-state index contributed by atoms with van der Waals surface area (Å²) in [5, 5.41) is 0. The molecule has 0 N–H and O–H groups in total. The molecule has 0 unspecified atom stereocenters. The normalized spacial score (nSPS) is 11.7. The molecular formula is C14H18O4. The fraction of sp³-hybridized carbons (Fsp3) is 0.286. The summed E-state index contributed by atoms with van der Waals surface area (Å²) >= 11 is 0. The van der Waals surface area contributed by atoms with Crippen molar-refractivity contribution in [2.24, 2.45) is 0 Å². The van der Waals surface area contributed by atoms with Gasteiger partial charge in [-0.1, -0.05) is 37.5 Å².